The maximum atomic E-state index is 12.3. The van der Waals surface area contributed by atoms with Crippen molar-refractivity contribution in [1.82, 2.24) is 10.3 Å². The molecule has 1 atom stereocenters. The summed E-state index contributed by atoms with van der Waals surface area (Å²) >= 11 is 0. The highest BCUT2D eigenvalue weighted by molar-refractivity contribution is 5.95. The first-order valence-corrected chi connectivity index (χ1v) is 6.52. The molecule has 1 heterocycles. The highest BCUT2D eigenvalue weighted by Gasteiger charge is 2.16. The second kappa shape index (κ2) is 6.30. The number of benzene rings is 1. The molecule has 1 aromatic carbocycles. The minimum atomic E-state index is -0.413. The lowest BCUT2D eigenvalue weighted by Crippen LogP contribution is -2.31. The van der Waals surface area contributed by atoms with Crippen molar-refractivity contribution in [3.8, 4) is 0 Å². The molecule has 20 heavy (non-hydrogen) atoms. The van der Waals surface area contributed by atoms with Crippen LogP contribution in [0.5, 0.6) is 0 Å². The molecule has 2 rings (SSSR count). The van der Waals surface area contributed by atoms with Crippen molar-refractivity contribution in [3.05, 3.63) is 65.0 Å². The molecular weight excluding hydrogens is 252 g/mol. The third-order valence-corrected chi connectivity index (χ3v) is 3.16. The van der Waals surface area contributed by atoms with Gasteiger partial charge in [0, 0.05) is 5.69 Å². The van der Waals surface area contributed by atoms with E-state index in [4.69, 9.17) is 0 Å². The fraction of sp³-hybridized carbons (Fsp3) is 0.250. The van der Waals surface area contributed by atoms with Crippen molar-refractivity contribution < 1.29 is 9.90 Å². The first-order valence-electron chi connectivity index (χ1n) is 6.52. The Morgan fingerprint density at radius 2 is 1.90 bits per heavy atom. The van der Waals surface area contributed by atoms with Crippen molar-refractivity contribution in [3.63, 3.8) is 0 Å². The first kappa shape index (κ1) is 14.2. The zero-order chi connectivity index (χ0) is 14.5. The van der Waals surface area contributed by atoms with Gasteiger partial charge in [0.1, 0.15) is 0 Å². The molecule has 0 aliphatic carbocycles. The molecule has 0 unspecified atom stereocenters. The normalized spacial score (nSPS) is 11.9. The molecule has 0 saturated carbocycles. The highest BCUT2D eigenvalue weighted by atomic mass is 16.3. The molecule has 0 bridgehead atoms. The molecule has 4 heteroatoms. The van der Waals surface area contributed by atoms with E-state index in [0.717, 1.165) is 11.3 Å². The van der Waals surface area contributed by atoms with E-state index in [0.29, 0.717) is 11.3 Å². The van der Waals surface area contributed by atoms with Gasteiger partial charge < -0.3 is 10.4 Å². The summed E-state index contributed by atoms with van der Waals surface area (Å²) in [7, 11) is 0. The number of hydrogen-bond acceptors (Lipinski definition) is 3. The number of aliphatic hydroxyl groups is 1. The smallest absolute Gasteiger partial charge is 0.253 e. The van der Waals surface area contributed by atoms with Crippen molar-refractivity contribution >= 4 is 5.91 Å². The van der Waals surface area contributed by atoms with Gasteiger partial charge in [-0.05, 0) is 31.5 Å². The number of aliphatic hydroxyl groups excluding tert-OH is 1. The van der Waals surface area contributed by atoms with Crippen LogP contribution in [0, 0.1) is 13.8 Å². The van der Waals surface area contributed by atoms with E-state index in [1.54, 1.807) is 19.1 Å². The molecule has 0 radical (unpaired) electrons. The van der Waals surface area contributed by atoms with Gasteiger partial charge in [-0.1, -0.05) is 30.3 Å². The molecule has 0 spiro atoms. The standard InChI is InChI=1S/C16H18N2O2/c1-11-8-9-14(12(2)17-11)16(20)18-15(10-19)13-6-4-3-5-7-13/h3-9,15,19H,10H2,1-2H3,(H,18,20)/t15-/m0/s1. The predicted molar refractivity (Wildman–Crippen MR) is 77.4 cm³/mol. The monoisotopic (exact) mass is 270 g/mol. The largest absolute Gasteiger partial charge is 0.394 e. The average Bonchev–Trinajstić information content (AvgIpc) is 2.45. The number of carbonyl (C=O) groups is 1. The van der Waals surface area contributed by atoms with Crippen LogP contribution in [0.3, 0.4) is 0 Å². The molecule has 0 fully saturated rings. The van der Waals surface area contributed by atoms with Gasteiger partial charge in [0.2, 0.25) is 0 Å². The lowest BCUT2D eigenvalue weighted by molar-refractivity contribution is 0.0915. The van der Waals surface area contributed by atoms with Crippen LogP contribution in [-0.4, -0.2) is 22.6 Å². The first-order chi connectivity index (χ1) is 9.61. The number of aryl methyl sites for hydroxylation is 2. The number of carbonyl (C=O) groups excluding carboxylic acids is 1. The van der Waals surface area contributed by atoms with Gasteiger partial charge in [0.25, 0.3) is 5.91 Å². The molecule has 104 valence electrons. The van der Waals surface area contributed by atoms with Crippen molar-refractivity contribution in [2.75, 3.05) is 6.61 Å². The molecule has 0 saturated heterocycles. The Morgan fingerprint density at radius 3 is 2.50 bits per heavy atom. The lowest BCUT2D eigenvalue weighted by Gasteiger charge is -2.17. The zero-order valence-corrected chi connectivity index (χ0v) is 11.6. The molecule has 4 nitrogen and oxygen atoms in total. The number of amides is 1. The lowest BCUT2D eigenvalue weighted by atomic mass is 10.1. The van der Waals surface area contributed by atoms with Crippen LogP contribution in [0.2, 0.25) is 0 Å². The fourth-order valence-electron chi connectivity index (χ4n) is 2.08. The van der Waals surface area contributed by atoms with Crippen LogP contribution in [0.1, 0.15) is 33.4 Å². The van der Waals surface area contributed by atoms with Gasteiger partial charge in [0.05, 0.1) is 23.9 Å². The number of rotatable bonds is 4. The molecule has 0 aliphatic rings. The molecule has 2 aromatic rings. The summed E-state index contributed by atoms with van der Waals surface area (Å²) in [6.45, 7) is 3.54. The zero-order valence-electron chi connectivity index (χ0n) is 11.6. The summed E-state index contributed by atoms with van der Waals surface area (Å²) in [6, 6.07) is 12.6. The van der Waals surface area contributed by atoms with Crippen LogP contribution < -0.4 is 5.32 Å². The topological polar surface area (TPSA) is 62.2 Å². The van der Waals surface area contributed by atoms with Gasteiger partial charge >= 0.3 is 0 Å². The summed E-state index contributed by atoms with van der Waals surface area (Å²) in [4.78, 5) is 16.5. The molecule has 2 N–H and O–H groups in total. The Kier molecular flexibility index (Phi) is 4.48. The molecule has 1 amide bonds. The highest BCUT2D eigenvalue weighted by Crippen LogP contribution is 2.14. The molecular formula is C16H18N2O2. The summed E-state index contributed by atoms with van der Waals surface area (Å²) in [5.74, 6) is -0.224. The van der Waals surface area contributed by atoms with Crippen molar-refractivity contribution in [2.45, 2.75) is 19.9 Å². The SMILES string of the molecule is Cc1ccc(C(=O)N[C@@H](CO)c2ccccc2)c(C)n1. The maximum absolute atomic E-state index is 12.3. The fourth-order valence-corrected chi connectivity index (χ4v) is 2.08. The summed E-state index contributed by atoms with van der Waals surface area (Å²) in [5.41, 5.74) is 2.97. The van der Waals surface area contributed by atoms with E-state index >= 15 is 0 Å². The Morgan fingerprint density at radius 1 is 1.20 bits per heavy atom. The van der Waals surface area contributed by atoms with E-state index in [1.807, 2.05) is 37.3 Å². The molecule has 1 aromatic heterocycles. The van der Waals surface area contributed by atoms with Crippen LogP contribution in [-0.2, 0) is 0 Å². The van der Waals surface area contributed by atoms with Crippen LogP contribution >= 0.6 is 0 Å². The Balaban J connectivity index is 2.17. The van der Waals surface area contributed by atoms with E-state index in [-0.39, 0.29) is 12.5 Å². The quantitative estimate of drug-likeness (QED) is 0.895. The third-order valence-electron chi connectivity index (χ3n) is 3.16. The number of nitrogens with one attached hydrogen (secondary N) is 1. The second-order valence-electron chi connectivity index (χ2n) is 4.70. The van der Waals surface area contributed by atoms with Gasteiger partial charge in [-0.2, -0.15) is 0 Å². The summed E-state index contributed by atoms with van der Waals surface area (Å²) < 4.78 is 0. The number of aromatic nitrogens is 1. The minimum Gasteiger partial charge on any atom is -0.394 e. The van der Waals surface area contributed by atoms with Gasteiger partial charge in [-0.15, -0.1) is 0 Å². The van der Waals surface area contributed by atoms with E-state index in [1.165, 1.54) is 0 Å². The number of pyridine rings is 1. The Hall–Kier alpha value is -2.20. The molecule has 0 aliphatic heterocycles. The van der Waals surface area contributed by atoms with Crippen LogP contribution in [0.4, 0.5) is 0 Å². The number of hydrogen-bond donors (Lipinski definition) is 2. The van der Waals surface area contributed by atoms with Crippen molar-refractivity contribution in [2.24, 2.45) is 0 Å². The summed E-state index contributed by atoms with van der Waals surface area (Å²) in [5, 5.41) is 12.3. The average molecular weight is 270 g/mol. The predicted octanol–water partition coefficient (Wildman–Crippen LogP) is 2.16. The van der Waals surface area contributed by atoms with Crippen molar-refractivity contribution in [1.29, 1.82) is 0 Å². The Labute approximate surface area is 118 Å². The van der Waals surface area contributed by atoms with Gasteiger partial charge in [-0.3, -0.25) is 9.78 Å². The van der Waals surface area contributed by atoms with Gasteiger partial charge in [-0.25, -0.2) is 0 Å². The van der Waals surface area contributed by atoms with E-state index in [2.05, 4.69) is 10.3 Å². The van der Waals surface area contributed by atoms with Crippen LogP contribution in [0.25, 0.3) is 0 Å². The van der Waals surface area contributed by atoms with E-state index < -0.39 is 6.04 Å². The summed E-state index contributed by atoms with van der Waals surface area (Å²) in [6.07, 6.45) is 0. The third kappa shape index (κ3) is 3.22. The second-order valence-corrected chi connectivity index (χ2v) is 4.70. The minimum absolute atomic E-state index is 0.145. The van der Waals surface area contributed by atoms with Crippen LogP contribution in [0.15, 0.2) is 42.5 Å². The number of nitrogens with zero attached hydrogens (tertiary/aromatic N) is 1. The Bertz CT molecular complexity index is 597. The maximum Gasteiger partial charge on any atom is 0.253 e. The van der Waals surface area contributed by atoms with Gasteiger partial charge in [0.15, 0.2) is 0 Å². The van der Waals surface area contributed by atoms with E-state index in [9.17, 15) is 9.90 Å².